The lowest BCUT2D eigenvalue weighted by Gasteiger charge is -2.27. The molecule has 0 aliphatic heterocycles. The van der Waals surface area contributed by atoms with Crippen molar-refractivity contribution in [3.63, 3.8) is 0 Å². The van der Waals surface area contributed by atoms with Crippen molar-refractivity contribution in [1.29, 1.82) is 0 Å². The van der Waals surface area contributed by atoms with Crippen LogP contribution in [-0.4, -0.2) is 35.8 Å². The number of nitrogens with zero attached hydrogens (tertiary/aromatic N) is 2. The lowest BCUT2D eigenvalue weighted by atomic mass is 10.0. The predicted octanol–water partition coefficient (Wildman–Crippen LogP) is 3.61. The number of fused-ring (bicyclic) bond motifs is 1. The molecule has 0 fully saturated rings. The molecule has 0 amide bonds. The zero-order chi connectivity index (χ0) is 20.3. The van der Waals surface area contributed by atoms with Crippen molar-refractivity contribution in [1.82, 2.24) is 9.55 Å². The first kappa shape index (κ1) is 20.2. The fourth-order valence-corrected chi connectivity index (χ4v) is 4.15. The van der Waals surface area contributed by atoms with Gasteiger partial charge in [0.2, 0.25) is 0 Å². The molecule has 0 bridgehead atoms. The average molecular weight is 401 g/mol. The van der Waals surface area contributed by atoms with Gasteiger partial charge in [0.25, 0.3) is 5.56 Å². The standard InChI is InChI=1S/C21H24N2O4S/c1-5-27-20(25)21(2,3)23-17(11-12-26-4)22-18-15(19(23)24)13-16(28-18)14-9-7-6-8-10-14/h6-10,13H,5,11-12H2,1-4H3. The van der Waals surface area contributed by atoms with Gasteiger partial charge in [0, 0.05) is 18.4 Å². The van der Waals surface area contributed by atoms with Gasteiger partial charge in [0.05, 0.1) is 18.6 Å². The van der Waals surface area contributed by atoms with Crippen LogP contribution < -0.4 is 5.56 Å². The number of hydrogen-bond acceptors (Lipinski definition) is 6. The van der Waals surface area contributed by atoms with E-state index in [-0.39, 0.29) is 12.2 Å². The van der Waals surface area contributed by atoms with E-state index in [1.807, 2.05) is 36.4 Å². The maximum atomic E-state index is 13.4. The number of aromatic nitrogens is 2. The van der Waals surface area contributed by atoms with E-state index < -0.39 is 11.5 Å². The number of esters is 1. The maximum Gasteiger partial charge on any atom is 0.331 e. The molecule has 3 aromatic rings. The number of rotatable bonds is 7. The molecule has 7 heteroatoms. The number of benzene rings is 1. The first-order chi connectivity index (χ1) is 13.4. The van der Waals surface area contributed by atoms with Crippen molar-refractivity contribution in [2.45, 2.75) is 32.7 Å². The number of thiophene rings is 1. The Labute approximate surface area is 167 Å². The van der Waals surface area contributed by atoms with Gasteiger partial charge in [-0.3, -0.25) is 9.36 Å². The highest BCUT2D eigenvalue weighted by atomic mass is 32.1. The molecule has 0 aliphatic carbocycles. The van der Waals surface area contributed by atoms with Gasteiger partial charge >= 0.3 is 5.97 Å². The molecular formula is C21H24N2O4S. The first-order valence-corrected chi connectivity index (χ1v) is 9.99. The van der Waals surface area contributed by atoms with Crippen LogP contribution >= 0.6 is 11.3 Å². The quantitative estimate of drug-likeness (QED) is 0.567. The van der Waals surface area contributed by atoms with Gasteiger partial charge in [0.1, 0.15) is 16.2 Å². The summed E-state index contributed by atoms with van der Waals surface area (Å²) in [6.07, 6.45) is 0.420. The van der Waals surface area contributed by atoms with Crippen molar-refractivity contribution in [3.05, 3.63) is 52.6 Å². The third kappa shape index (κ3) is 3.72. The smallest absolute Gasteiger partial charge is 0.331 e. The fourth-order valence-electron chi connectivity index (χ4n) is 3.10. The number of ether oxygens (including phenoxy) is 2. The Hall–Kier alpha value is -2.51. The summed E-state index contributed by atoms with van der Waals surface area (Å²) in [6, 6.07) is 11.7. The van der Waals surface area contributed by atoms with Gasteiger partial charge in [-0.05, 0) is 32.4 Å². The molecule has 6 nitrogen and oxygen atoms in total. The Morgan fingerprint density at radius 3 is 2.61 bits per heavy atom. The molecule has 28 heavy (non-hydrogen) atoms. The van der Waals surface area contributed by atoms with Crippen molar-refractivity contribution < 1.29 is 14.3 Å². The second-order valence-corrected chi connectivity index (χ2v) is 7.92. The Balaban J connectivity index is 2.22. The molecule has 0 unspecified atom stereocenters. The highest BCUT2D eigenvalue weighted by Crippen LogP contribution is 2.32. The molecule has 0 saturated heterocycles. The van der Waals surface area contributed by atoms with Crippen LogP contribution in [0.15, 0.2) is 41.2 Å². The SMILES string of the molecule is CCOC(=O)C(C)(C)n1c(CCOC)nc2sc(-c3ccccc3)cc2c1=O. The van der Waals surface area contributed by atoms with Gasteiger partial charge < -0.3 is 9.47 Å². The topological polar surface area (TPSA) is 70.4 Å². The lowest BCUT2D eigenvalue weighted by molar-refractivity contribution is -0.152. The van der Waals surface area contributed by atoms with E-state index in [0.29, 0.717) is 29.1 Å². The van der Waals surface area contributed by atoms with Crippen LogP contribution in [0.25, 0.3) is 20.7 Å². The number of methoxy groups -OCH3 is 1. The Morgan fingerprint density at radius 1 is 1.25 bits per heavy atom. The third-order valence-corrected chi connectivity index (χ3v) is 5.63. The van der Waals surface area contributed by atoms with E-state index in [9.17, 15) is 9.59 Å². The van der Waals surface area contributed by atoms with Crippen LogP contribution in [0.3, 0.4) is 0 Å². The summed E-state index contributed by atoms with van der Waals surface area (Å²) in [5.74, 6) is 0.0503. The largest absolute Gasteiger partial charge is 0.464 e. The van der Waals surface area contributed by atoms with Gasteiger partial charge in [-0.2, -0.15) is 0 Å². The molecule has 0 aliphatic rings. The molecule has 148 valence electrons. The number of carbonyl (C=O) groups is 1. The van der Waals surface area contributed by atoms with E-state index in [1.54, 1.807) is 27.9 Å². The summed E-state index contributed by atoms with van der Waals surface area (Å²) in [5.41, 5.74) is -0.390. The Kier molecular flexibility index (Phi) is 5.96. The van der Waals surface area contributed by atoms with E-state index in [4.69, 9.17) is 14.5 Å². The Morgan fingerprint density at radius 2 is 1.96 bits per heavy atom. The monoisotopic (exact) mass is 400 g/mol. The lowest BCUT2D eigenvalue weighted by Crippen LogP contribution is -2.46. The normalized spacial score (nSPS) is 11.7. The minimum atomic E-state index is -1.17. The van der Waals surface area contributed by atoms with Crippen molar-refractivity contribution >= 4 is 27.5 Å². The number of hydrogen-bond donors (Lipinski definition) is 0. The van der Waals surface area contributed by atoms with E-state index >= 15 is 0 Å². The van der Waals surface area contributed by atoms with Crippen LogP contribution in [-0.2, 0) is 26.2 Å². The number of carbonyl (C=O) groups excluding carboxylic acids is 1. The summed E-state index contributed by atoms with van der Waals surface area (Å²) in [5, 5.41) is 0.502. The predicted molar refractivity (Wildman–Crippen MR) is 111 cm³/mol. The Bertz CT molecular complexity index is 1040. The third-order valence-electron chi connectivity index (χ3n) is 4.56. The second kappa shape index (κ2) is 8.24. The molecular weight excluding hydrogens is 376 g/mol. The second-order valence-electron chi connectivity index (χ2n) is 6.89. The van der Waals surface area contributed by atoms with Crippen LogP contribution in [0.1, 0.15) is 26.6 Å². The zero-order valence-corrected chi connectivity index (χ0v) is 17.3. The average Bonchev–Trinajstić information content (AvgIpc) is 3.11. The van der Waals surface area contributed by atoms with Crippen LogP contribution in [0.5, 0.6) is 0 Å². The highest BCUT2D eigenvalue weighted by molar-refractivity contribution is 7.21. The summed E-state index contributed by atoms with van der Waals surface area (Å²) < 4.78 is 11.8. The molecule has 0 spiro atoms. The summed E-state index contributed by atoms with van der Waals surface area (Å²) >= 11 is 1.47. The molecule has 0 N–H and O–H groups in total. The van der Waals surface area contributed by atoms with Gasteiger partial charge in [-0.25, -0.2) is 9.78 Å². The van der Waals surface area contributed by atoms with E-state index in [1.165, 1.54) is 15.9 Å². The molecule has 1 aromatic carbocycles. The van der Waals surface area contributed by atoms with E-state index in [2.05, 4.69) is 0 Å². The molecule has 3 rings (SSSR count). The van der Waals surface area contributed by atoms with Crippen LogP contribution in [0.4, 0.5) is 0 Å². The zero-order valence-electron chi connectivity index (χ0n) is 16.5. The fraction of sp³-hybridized carbons (Fsp3) is 0.381. The van der Waals surface area contributed by atoms with Crippen molar-refractivity contribution in [3.8, 4) is 10.4 Å². The molecule has 0 radical (unpaired) electrons. The summed E-state index contributed by atoms with van der Waals surface area (Å²) in [7, 11) is 1.59. The van der Waals surface area contributed by atoms with Gasteiger partial charge in [0.15, 0.2) is 0 Å². The van der Waals surface area contributed by atoms with Crippen molar-refractivity contribution in [2.24, 2.45) is 0 Å². The molecule has 0 atom stereocenters. The summed E-state index contributed by atoms with van der Waals surface area (Å²) in [4.78, 5) is 32.3. The molecule has 2 heterocycles. The van der Waals surface area contributed by atoms with Crippen molar-refractivity contribution in [2.75, 3.05) is 20.3 Å². The van der Waals surface area contributed by atoms with Gasteiger partial charge in [-0.15, -0.1) is 11.3 Å². The van der Waals surface area contributed by atoms with Gasteiger partial charge in [-0.1, -0.05) is 30.3 Å². The molecule has 2 aromatic heterocycles. The minimum absolute atomic E-state index is 0.243. The highest BCUT2D eigenvalue weighted by Gasteiger charge is 2.35. The summed E-state index contributed by atoms with van der Waals surface area (Å²) in [6.45, 7) is 5.75. The maximum absolute atomic E-state index is 13.4. The van der Waals surface area contributed by atoms with Crippen LogP contribution in [0, 0.1) is 0 Å². The molecule has 0 saturated carbocycles. The first-order valence-electron chi connectivity index (χ1n) is 9.17. The van der Waals surface area contributed by atoms with E-state index in [0.717, 1.165) is 10.4 Å². The minimum Gasteiger partial charge on any atom is -0.464 e. The van der Waals surface area contributed by atoms with Crippen LogP contribution in [0.2, 0.25) is 0 Å².